The van der Waals surface area contributed by atoms with E-state index in [1.807, 2.05) is 5.32 Å². The molecule has 1 rings (SSSR count). The number of esters is 1. The lowest BCUT2D eigenvalue weighted by Gasteiger charge is -2.12. The third kappa shape index (κ3) is 4.66. The number of ether oxygens (including phenoxy) is 1. The maximum absolute atomic E-state index is 11.5. The fraction of sp³-hybridized carbons (Fsp3) is 0.400. The first-order chi connectivity index (χ1) is 8.92. The van der Waals surface area contributed by atoms with Gasteiger partial charge in [0.05, 0.1) is 11.9 Å². The van der Waals surface area contributed by atoms with E-state index in [1.54, 1.807) is 0 Å². The number of nitrogens with two attached hydrogens (primary N) is 1. The highest BCUT2D eigenvalue weighted by molar-refractivity contribution is 5.96. The lowest BCUT2D eigenvalue weighted by molar-refractivity contribution is -0.155. The van der Waals surface area contributed by atoms with Crippen molar-refractivity contribution in [1.82, 2.24) is 20.4 Å². The predicted octanol–water partition coefficient (Wildman–Crippen LogP) is -1.15. The zero-order valence-corrected chi connectivity index (χ0v) is 10.5. The van der Waals surface area contributed by atoms with Gasteiger partial charge in [0.1, 0.15) is 6.54 Å². The van der Waals surface area contributed by atoms with E-state index in [-0.39, 0.29) is 6.54 Å². The molecule has 1 atom stereocenters. The lowest BCUT2D eigenvalue weighted by atomic mass is 10.4. The largest absolute Gasteiger partial charge is 0.451 e. The van der Waals surface area contributed by atoms with Crippen LogP contribution in [0.15, 0.2) is 12.4 Å². The van der Waals surface area contributed by atoms with Crippen LogP contribution in [-0.2, 0) is 20.9 Å². The zero-order chi connectivity index (χ0) is 14.4. The van der Waals surface area contributed by atoms with Crippen LogP contribution in [0.5, 0.6) is 0 Å². The van der Waals surface area contributed by atoms with E-state index in [0.29, 0.717) is 5.69 Å². The number of amides is 3. The summed E-state index contributed by atoms with van der Waals surface area (Å²) in [5.74, 6) is -1.38. The van der Waals surface area contributed by atoms with Gasteiger partial charge < -0.3 is 15.8 Å². The molecule has 1 aromatic heterocycles. The Morgan fingerprint density at radius 3 is 2.74 bits per heavy atom. The van der Waals surface area contributed by atoms with E-state index >= 15 is 0 Å². The van der Waals surface area contributed by atoms with Crippen molar-refractivity contribution >= 4 is 23.6 Å². The van der Waals surface area contributed by atoms with Crippen molar-refractivity contribution in [2.75, 3.05) is 12.8 Å². The molecule has 0 aliphatic rings. The van der Waals surface area contributed by atoms with Crippen molar-refractivity contribution in [3.8, 4) is 0 Å². The van der Waals surface area contributed by atoms with Crippen LogP contribution < -0.4 is 16.4 Å². The SMILES string of the molecule is CNC(=O)NC(=O)C(C)OC(=O)Cn1cc(N)cn1. The zero-order valence-electron chi connectivity index (χ0n) is 10.5. The Balaban J connectivity index is 2.43. The van der Waals surface area contributed by atoms with Crippen molar-refractivity contribution in [2.45, 2.75) is 19.6 Å². The molecule has 0 spiro atoms. The molecule has 0 radical (unpaired) electrons. The number of nitrogens with zero attached hydrogens (tertiary/aromatic N) is 2. The number of imide groups is 1. The summed E-state index contributed by atoms with van der Waals surface area (Å²) in [5, 5.41) is 8.00. The summed E-state index contributed by atoms with van der Waals surface area (Å²) in [4.78, 5) is 33.8. The van der Waals surface area contributed by atoms with Gasteiger partial charge in [-0.05, 0) is 6.92 Å². The Labute approximate surface area is 109 Å². The smallest absolute Gasteiger partial charge is 0.328 e. The highest BCUT2D eigenvalue weighted by Crippen LogP contribution is 1.99. The molecular weight excluding hydrogens is 254 g/mol. The molecule has 1 heterocycles. The van der Waals surface area contributed by atoms with E-state index < -0.39 is 24.0 Å². The third-order valence-corrected chi connectivity index (χ3v) is 2.09. The normalized spacial score (nSPS) is 11.5. The van der Waals surface area contributed by atoms with Crippen LogP contribution in [0.4, 0.5) is 10.5 Å². The number of carbonyl (C=O) groups excluding carboxylic acids is 3. The average Bonchev–Trinajstić information content (AvgIpc) is 2.74. The number of nitrogen functional groups attached to an aromatic ring is 1. The standard InChI is InChI=1S/C10H15N5O4/c1-6(9(17)14-10(18)12-2)19-8(16)5-15-4-7(11)3-13-15/h3-4,6H,5,11H2,1-2H3,(H2,12,14,17,18). The molecule has 104 valence electrons. The first-order valence-corrected chi connectivity index (χ1v) is 5.42. The molecule has 0 saturated heterocycles. The maximum Gasteiger partial charge on any atom is 0.328 e. The summed E-state index contributed by atoms with van der Waals surface area (Å²) in [6.45, 7) is 1.18. The molecule has 1 aromatic rings. The number of urea groups is 1. The minimum atomic E-state index is -1.09. The van der Waals surface area contributed by atoms with Crippen LogP contribution in [0.3, 0.4) is 0 Å². The molecule has 0 saturated carbocycles. The summed E-state index contributed by atoms with van der Waals surface area (Å²) >= 11 is 0. The van der Waals surface area contributed by atoms with Gasteiger partial charge >= 0.3 is 12.0 Å². The number of nitrogens with one attached hydrogen (secondary N) is 2. The molecule has 0 aliphatic carbocycles. The third-order valence-electron chi connectivity index (χ3n) is 2.09. The Morgan fingerprint density at radius 1 is 1.53 bits per heavy atom. The van der Waals surface area contributed by atoms with Crippen LogP contribution in [0.25, 0.3) is 0 Å². The van der Waals surface area contributed by atoms with Gasteiger partial charge in [-0.3, -0.25) is 19.6 Å². The lowest BCUT2D eigenvalue weighted by Crippen LogP contribution is -2.43. The van der Waals surface area contributed by atoms with Crippen LogP contribution in [0.1, 0.15) is 6.92 Å². The van der Waals surface area contributed by atoms with Gasteiger partial charge in [0.2, 0.25) is 0 Å². The number of carbonyl (C=O) groups is 3. The van der Waals surface area contributed by atoms with Crippen LogP contribution in [0.2, 0.25) is 0 Å². The monoisotopic (exact) mass is 269 g/mol. The summed E-state index contributed by atoms with van der Waals surface area (Å²) in [6.07, 6.45) is 1.75. The number of hydrogen-bond acceptors (Lipinski definition) is 6. The fourth-order valence-electron chi connectivity index (χ4n) is 1.16. The van der Waals surface area contributed by atoms with E-state index in [9.17, 15) is 14.4 Å². The molecule has 3 amide bonds. The van der Waals surface area contributed by atoms with Gasteiger partial charge in [0.15, 0.2) is 6.10 Å². The molecule has 0 aromatic carbocycles. The predicted molar refractivity (Wildman–Crippen MR) is 64.8 cm³/mol. The van der Waals surface area contributed by atoms with Gasteiger partial charge in [-0.2, -0.15) is 5.10 Å². The van der Waals surface area contributed by atoms with Crippen LogP contribution >= 0.6 is 0 Å². The molecule has 4 N–H and O–H groups in total. The van der Waals surface area contributed by atoms with Gasteiger partial charge in [-0.1, -0.05) is 0 Å². The fourth-order valence-corrected chi connectivity index (χ4v) is 1.16. The highest BCUT2D eigenvalue weighted by atomic mass is 16.5. The number of hydrogen-bond donors (Lipinski definition) is 3. The summed E-state index contributed by atoms with van der Waals surface area (Å²) in [5.41, 5.74) is 5.84. The molecule has 0 bridgehead atoms. The Bertz CT molecular complexity index is 484. The van der Waals surface area contributed by atoms with Crippen molar-refractivity contribution < 1.29 is 19.1 Å². The average molecular weight is 269 g/mol. The maximum atomic E-state index is 11.5. The number of anilines is 1. The number of aromatic nitrogens is 2. The minimum absolute atomic E-state index is 0.172. The van der Waals surface area contributed by atoms with Gasteiger partial charge in [0.25, 0.3) is 5.91 Å². The van der Waals surface area contributed by atoms with Crippen molar-refractivity contribution in [3.05, 3.63) is 12.4 Å². The molecule has 9 nitrogen and oxygen atoms in total. The van der Waals surface area contributed by atoms with Crippen molar-refractivity contribution in [2.24, 2.45) is 0 Å². The second-order valence-electron chi connectivity index (χ2n) is 3.67. The summed E-state index contributed by atoms with van der Waals surface area (Å²) < 4.78 is 6.12. The Kier molecular flexibility index (Phi) is 4.86. The van der Waals surface area contributed by atoms with Crippen molar-refractivity contribution in [3.63, 3.8) is 0 Å². The van der Waals surface area contributed by atoms with Crippen LogP contribution in [0, 0.1) is 0 Å². The quantitative estimate of drug-likeness (QED) is 0.592. The first kappa shape index (κ1) is 14.5. The van der Waals surface area contributed by atoms with Gasteiger partial charge in [-0.25, -0.2) is 4.79 Å². The Hall–Kier alpha value is -2.58. The second kappa shape index (κ2) is 6.38. The first-order valence-electron chi connectivity index (χ1n) is 5.42. The second-order valence-corrected chi connectivity index (χ2v) is 3.67. The summed E-state index contributed by atoms with van der Waals surface area (Å²) in [6, 6.07) is -0.673. The molecule has 0 fully saturated rings. The number of rotatable bonds is 4. The van der Waals surface area contributed by atoms with E-state index in [1.165, 1.54) is 31.0 Å². The van der Waals surface area contributed by atoms with E-state index in [4.69, 9.17) is 10.5 Å². The molecule has 19 heavy (non-hydrogen) atoms. The van der Waals surface area contributed by atoms with E-state index in [2.05, 4.69) is 10.4 Å². The summed E-state index contributed by atoms with van der Waals surface area (Å²) in [7, 11) is 1.36. The highest BCUT2D eigenvalue weighted by Gasteiger charge is 2.19. The van der Waals surface area contributed by atoms with Crippen molar-refractivity contribution in [1.29, 1.82) is 0 Å². The topological polar surface area (TPSA) is 128 Å². The molecular formula is C10H15N5O4. The Morgan fingerprint density at radius 2 is 2.21 bits per heavy atom. The molecule has 0 aliphatic heterocycles. The van der Waals surface area contributed by atoms with E-state index in [0.717, 1.165) is 0 Å². The molecule has 1 unspecified atom stereocenters. The van der Waals surface area contributed by atoms with Gasteiger partial charge in [-0.15, -0.1) is 0 Å². The minimum Gasteiger partial charge on any atom is -0.451 e. The van der Waals surface area contributed by atoms with Crippen LogP contribution in [-0.4, -0.2) is 40.8 Å². The van der Waals surface area contributed by atoms with Gasteiger partial charge in [0, 0.05) is 13.2 Å². The molecule has 9 heteroatoms.